The fourth-order valence-corrected chi connectivity index (χ4v) is 3.09. The van der Waals surface area contributed by atoms with E-state index < -0.39 is 0 Å². The van der Waals surface area contributed by atoms with Crippen molar-refractivity contribution in [1.29, 1.82) is 0 Å². The van der Waals surface area contributed by atoms with Gasteiger partial charge in [-0.3, -0.25) is 4.79 Å². The topological polar surface area (TPSA) is 59.8 Å². The second-order valence-corrected chi connectivity index (χ2v) is 7.10. The van der Waals surface area contributed by atoms with E-state index in [2.05, 4.69) is 22.4 Å². The van der Waals surface area contributed by atoms with Crippen LogP contribution in [0.2, 0.25) is 0 Å². The van der Waals surface area contributed by atoms with Gasteiger partial charge in [0.25, 0.3) is 5.91 Å². The van der Waals surface area contributed by atoms with Crippen LogP contribution >= 0.6 is 11.8 Å². The number of thioether (sulfide) groups is 1. The second kappa shape index (κ2) is 7.17. The highest BCUT2D eigenvalue weighted by molar-refractivity contribution is 7.98. The number of hydrogen-bond acceptors (Lipinski definition) is 4. The molecule has 3 rings (SSSR count). The molecule has 6 heteroatoms. The van der Waals surface area contributed by atoms with Crippen molar-refractivity contribution in [2.45, 2.75) is 38.0 Å². The van der Waals surface area contributed by atoms with E-state index in [-0.39, 0.29) is 5.91 Å². The van der Waals surface area contributed by atoms with Gasteiger partial charge in [-0.25, -0.2) is 0 Å². The molecule has 2 aromatic rings. The van der Waals surface area contributed by atoms with Crippen LogP contribution in [0.4, 0.5) is 0 Å². The summed E-state index contributed by atoms with van der Waals surface area (Å²) in [6, 6.07) is 7.80. The van der Waals surface area contributed by atoms with Gasteiger partial charge in [0, 0.05) is 24.3 Å². The Bertz CT molecular complexity index is 676. The van der Waals surface area contributed by atoms with E-state index in [0.29, 0.717) is 18.0 Å². The Morgan fingerprint density at radius 1 is 1.30 bits per heavy atom. The number of nitrogens with zero attached hydrogens (tertiary/aromatic N) is 3. The molecule has 1 aromatic carbocycles. The van der Waals surface area contributed by atoms with Gasteiger partial charge in [-0.15, -0.1) is 10.2 Å². The predicted molar refractivity (Wildman–Crippen MR) is 92.4 cm³/mol. The summed E-state index contributed by atoms with van der Waals surface area (Å²) in [6.07, 6.45) is 2.39. The number of aromatic nitrogens is 3. The van der Waals surface area contributed by atoms with Crippen LogP contribution in [0.3, 0.4) is 0 Å². The van der Waals surface area contributed by atoms with Crippen molar-refractivity contribution in [2.75, 3.05) is 5.75 Å². The Hall–Kier alpha value is -1.82. The maximum absolute atomic E-state index is 12.2. The number of carbonyl (C=O) groups is 1. The molecule has 0 unspecified atom stereocenters. The van der Waals surface area contributed by atoms with E-state index in [1.54, 1.807) is 0 Å². The highest BCUT2D eigenvalue weighted by Crippen LogP contribution is 2.38. The van der Waals surface area contributed by atoms with Crippen LogP contribution in [0.25, 0.3) is 0 Å². The number of nitrogens with one attached hydrogen (secondary N) is 1. The van der Waals surface area contributed by atoms with E-state index in [1.165, 1.54) is 18.4 Å². The van der Waals surface area contributed by atoms with Crippen molar-refractivity contribution in [3.05, 3.63) is 47.0 Å². The van der Waals surface area contributed by atoms with Gasteiger partial charge in [0.05, 0.1) is 6.54 Å². The van der Waals surface area contributed by atoms with Gasteiger partial charge >= 0.3 is 0 Å². The van der Waals surface area contributed by atoms with Crippen molar-refractivity contribution in [1.82, 2.24) is 20.1 Å². The molecule has 0 aliphatic heterocycles. The van der Waals surface area contributed by atoms with Gasteiger partial charge < -0.3 is 9.88 Å². The largest absolute Gasteiger partial charge is 0.345 e. The monoisotopic (exact) mass is 330 g/mol. The second-order valence-electron chi connectivity index (χ2n) is 5.82. The van der Waals surface area contributed by atoms with Gasteiger partial charge in [0.2, 0.25) is 0 Å². The first-order valence-corrected chi connectivity index (χ1v) is 9.17. The summed E-state index contributed by atoms with van der Waals surface area (Å²) in [7, 11) is 1.97. The predicted octanol–water partition coefficient (Wildman–Crippen LogP) is 2.88. The van der Waals surface area contributed by atoms with Crippen molar-refractivity contribution in [2.24, 2.45) is 7.05 Å². The summed E-state index contributed by atoms with van der Waals surface area (Å²) < 4.78 is 2.00. The molecule has 0 spiro atoms. The zero-order chi connectivity index (χ0) is 16.2. The van der Waals surface area contributed by atoms with E-state index in [1.807, 2.05) is 47.6 Å². The lowest BCUT2D eigenvalue weighted by Gasteiger charge is -2.07. The summed E-state index contributed by atoms with van der Waals surface area (Å²) in [5.41, 5.74) is 1.93. The summed E-state index contributed by atoms with van der Waals surface area (Å²) in [5, 5.41) is 11.3. The first-order chi connectivity index (χ1) is 11.2. The van der Waals surface area contributed by atoms with Crippen LogP contribution in [0.5, 0.6) is 0 Å². The number of benzene rings is 1. The van der Waals surface area contributed by atoms with Crippen LogP contribution in [-0.4, -0.2) is 26.4 Å². The minimum atomic E-state index is -0.0735. The van der Waals surface area contributed by atoms with Crippen LogP contribution in [0.15, 0.2) is 24.3 Å². The molecule has 1 saturated carbocycles. The molecule has 1 amide bonds. The molecule has 1 N–H and O–H groups in total. The Morgan fingerprint density at radius 3 is 2.70 bits per heavy atom. The van der Waals surface area contributed by atoms with E-state index >= 15 is 0 Å². The summed E-state index contributed by atoms with van der Waals surface area (Å²) >= 11 is 1.88. The third-order valence-electron chi connectivity index (χ3n) is 4.04. The van der Waals surface area contributed by atoms with E-state index in [4.69, 9.17) is 0 Å². The zero-order valence-electron chi connectivity index (χ0n) is 13.6. The molecule has 122 valence electrons. The molecular weight excluding hydrogens is 308 g/mol. The standard InChI is InChI=1S/C17H22N4OS/c1-3-23-11-12-4-6-14(7-5-12)17(22)18-10-15-19-20-16(21(15)2)13-8-9-13/h4-7,13H,3,8-11H2,1-2H3,(H,18,22). The number of amides is 1. The molecule has 1 aromatic heterocycles. The van der Waals surface area contributed by atoms with Crippen molar-refractivity contribution in [3.8, 4) is 0 Å². The molecule has 0 saturated heterocycles. The first kappa shape index (κ1) is 16.1. The molecule has 0 radical (unpaired) electrons. The summed E-state index contributed by atoms with van der Waals surface area (Å²) in [4.78, 5) is 12.2. The van der Waals surface area contributed by atoms with Crippen molar-refractivity contribution < 1.29 is 4.79 Å². The van der Waals surface area contributed by atoms with Crippen LogP contribution in [0.1, 0.15) is 53.3 Å². The fourth-order valence-electron chi connectivity index (χ4n) is 2.46. The van der Waals surface area contributed by atoms with Crippen LogP contribution < -0.4 is 5.32 Å². The first-order valence-electron chi connectivity index (χ1n) is 8.02. The van der Waals surface area contributed by atoms with Crippen molar-refractivity contribution in [3.63, 3.8) is 0 Å². The smallest absolute Gasteiger partial charge is 0.251 e. The lowest BCUT2D eigenvalue weighted by atomic mass is 10.1. The SMILES string of the molecule is CCSCc1ccc(C(=O)NCc2nnc(C3CC3)n2C)cc1. The Balaban J connectivity index is 1.56. The lowest BCUT2D eigenvalue weighted by molar-refractivity contribution is 0.0949. The average Bonchev–Trinajstić information content (AvgIpc) is 3.35. The average molecular weight is 330 g/mol. The van der Waals surface area contributed by atoms with Gasteiger partial charge in [0.1, 0.15) is 5.82 Å². The molecule has 5 nitrogen and oxygen atoms in total. The minimum absolute atomic E-state index is 0.0735. The number of rotatable bonds is 7. The van der Waals surface area contributed by atoms with Gasteiger partial charge in [-0.1, -0.05) is 19.1 Å². The molecule has 1 aliphatic carbocycles. The molecular formula is C17H22N4OS. The lowest BCUT2D eigenvalue weighted by Crippen LogP contribution is -2.24. The quantitative estimate of drug-likeness (QED) is 0.848. The van der Waals surface area contributed by atoms with E-state index in [9.17, 15) is 4.79 Å². The number of carbonyl (C=O) groups excluding carboxylic acids is 1. The Kier molecular flexibility index (Phi) is 5.00. The van der Waals surface area contributed by atoms with E-state index in [0.717, 1.165) is 23.2 Å². The molecule has 1 heterocycles. The molecule has 1 fully saturated rings. The normalized spacial score (nSPS) is 14.0. The molecule has 1 aliphatic rings. The maximum Gasteiger partial charge on any atom is 0.251 e. The van der Waals surface area contributed by atoms with Crippen LogP contribution in [0, 0.1) is 0 Å². The maximum atomic E-state index is 12.2. The molecule has 0 bridgehead atoms. The summed E-state index contributed by atoms with van der Waals surface area (Å²) in [6.45, 7) is 2.55. The third-order valence-corrected chi connectivity index (χ3v) is 4.98. The Morgan fingerprint density at radius 2 is 2.04 bits per heavy atom. The van der Waals surface area contributed by atoms with Gasteiger partial charge in [-0.05, 0) is 36.3 Å². The molecule has 23 heavy (non-hydrogen) atoms. The summed E-state index contributed by atoms with van der Waals surface area (Å²) in [5.74, 6) is 4.41. The fraction of sp³-hybridized carbons (Fsp3) is 0.471. The highest BCUT2D eigenvalue weighted by atomic mass is 32.2. The zero-order valence-corrected chi connectivity index (χ0v) is 14.4. The third kappa shape index (κ3) is 3.93. The minimum Gasteiger partial charge on any atom is -0.345 e. The van der Waals surface area contributed by atoms with Gasteiger partial charge in [-0.2, -0.15) is 11.8 Å². The highest BCUT2D eigenvalue weighted by Gasteiger charge is 2.29. The number of hydrogen-bond donors (Lipinski definition) is 1. The van der Waals surface area contributed by atoms with Crippen LogP contribution in [-0.2, 0) is 19.3 Å². The Labute approximate surface area is 140 Å². The van der Waals surface area contributed by atoms with Crippen molar-refractivity contribution >= 4 is 17.7 Å². The van der Waals surface area contributed by atoms with Gasteiger partial charge in [0.15, 0.2) is 5.82 Å². The molecule has 0 atom stereocenters.